The molecule has 0 aliphatic carbocycles. The standard InChI is InChI=1S/C20H20O6/c1-12(10-15-11-13(2)20(22)25-15)8-9-24-16-6-4-14-5-7-17(21)26-18(14)19(16)23-3/h4-8,11,15H,9-10H2,1-3H3/b12-8+/t15-/m0/s1. The van der Waals surface area contributed by atoms with Gasteiger partial charge in [0.1, 0.15) is 12.7 Å². The van der Waals surface area contributed by atoms with Gasteiger partial charge in [0, 0.05) is 23.4 Å². The van der Waals surface area contributed by atoms with Crippen molar-refractivity contribution in [3.63, 3.8) is 0 Å². The van der Waals surface area contributed by atoms with E-state index in [2.05, 4.69) is 0 Å². The van der Waals surface area contributed by atoms with Crippen molar-refractivity contribution >= 4 is 16.9 Å². The third-order valence-corrected chi connectivity index (χ3v) is 4.12. The van der Waals surface area contributed by atoms with E-state index in [9.17, 15) is 9.59 Å². The second-order valence-corrected chi connectivity index (χ2v) is 6.13. The van der Waals surface area contributed by atoms with Gasteiger partial charge in [-0.3, -0.25) is 0 Å². The zero-order valence-corrected chi connectivity index (χ0v) is 14.9. The third-order valence-electron chi connectivity index (χ3n) is 4.12. The number of rotatable bonds is 6. The lowest BCUT2D eigenvalue weighted by Crippen LogP contribution is -2.08. The molecular formula is C20H20O6. The number of cyclic esters (lactones) is 1. The van der Waals surface area contributed by atoms with Crippen molar-refractivity contribution in [3.05, 3.63) is 58.0 Å². The minimum absolute atomic E-state index is 0.219. The highest BCUT2D eigenvalue weighted by Gasteiger charge is 2.22. The van der Waals surface area contributed by atoms with E-state index >= 15 is 0 Å². The maximum absolute atomic E-state index is 11.5. The zero-order chi connectivity index (χ0) is 18.7. The molecule has 1 aliphatic heterocycles. The number of esters is 1. The van der Waals surface area contributed by atoms with Crippen LogP contribution >= 0.6 is 0 Å². The minimum atomic E-state index is -0.446. The molecule has 6 nitrogen and oxygen atoms in total. The number of ether oxygens (including phenoxy) is 3. The Morgan fingerprint density at radius 1 is 1.23 bits per heavy atom. The Morgan fingerprint density at radius 3 is 2.69 bits per heavy atom. The predicted molar refractivity (Wildman–Crippen MR) is 96.5 cm³/mol. The smallest absolute Gasteiger partial charge is 0.336 e. The summed E-state index contributed by atoms with van der Waals surface area (Å²) in [6.45, 7) is 4.01. The molecule has 136 valence electrons. The van der Waals surface area contributed by atoms with Crippen LogP contribution in [-0.2, 0) is 9.53 Å². The highest BCUT2D eigenvalue weighted by molar-refractivity contribution is 5.90. The van der Waals surface area contributed by atoms with Gasteiger partial charge < -0.3 is 18.6 Å². The van der Waals surface area contributed by atoms with Crippen LogP contribution < -0.4 is 15.1 Å². The van der Waals surface area contributed by atoms with Crippen molar-refractivity contribution in [1.29, 1.82) is 0 Å². The summed E-state index contributed by atoms with van der Waals surface area (Å²) in [7, 11) is 1.50. The molecule has 2 heterocycles. The Balaban J connectivity index is 1.69. The average Bonchev–Trinajstić information content (AvgIpc) is 2.91. The highest BCUT2D eigenvalue weighted by Crippen LogP contribution is 2.34. The first kappa shape index (κ1) is 17.8. The Labute approximate surface area is 150 Å². The molecule has 0 N–H and O–H groups in total. The van der Waals surface area contributed by atoms with Crippen molar-refractivity contribution in [2.75, 3.05) is 13.7 Å². The molecule has 6 heteroatoms. The van der Waals surface area contributed by atoms with Gasteiger partial charge in [-0.2, -0.15) is 0 Å². The fourth-order valence-electron chi connectivity index (χ4n) is 2.78. The van der Waals surface area contributed by atoms with Gasteiger partial charge >= 0.3 is 11.6 Å². The van der Waals surface area contributed by atoms with Gasteiger partial charge in [-0.05, 0) is 44.2 Å². The summed E-state index contributed by atoms with van der Waals surface area (Å²) < 4.78 is 21.6. The van der Waals surface area contributed by atoms with E-state index < -0.39 is 5.63 Å². The summed E-state index contributed by atoms with van der Waals surface area (Å²) in [6.07, 6.45) is 4.15. The van der Waals surface area contributed by atoms with Crippen molar-refractivity contribution in [3.8, 4) is 11.5 Å². The van der Waals surface area contributed by atoms with Crippen molar-refractivity contribution in [1.82, 2.24) is 0 Å². The van der Waals surface area contributed by atoms with Crippen LogP contribution in [0.5, 0.6) is 11.5 Å². The van der Waals surface area contributed by atoms with Crippen LogP contribution in [-0.4, -0.2) is 25.8 Å². The van der Waals surface area contributed by atoms with Crippen LogP contribution in [0.15, 0.2) is 56.8 Å². The van der Waals surface area contributed by atoms with Crippen LogP contribution in [0.3, 0.4) is 0 Å². The van der Waals surface area contributed by atoms with E-state index in [1.807, 2.05) is 19.1 Å². The van der Waals surface area contributed by atoms with Crippen molar-refractivity contribution in [2.24, 2.45) is 0 Å². The molecule has 1 aliphatic rings. The third kappa shape index (κ3) is 3.79. The Morgan fingerprint density at radius 2 is 2.00 bits per heavy atom. The van der Waals surface area contributed by atoms with Crippen molar-refractivity contribution < 1.29 is 23.4 Å². The van der Waals surface area contributed by atoms with Gasteiger partial charge in [0.2, 0.25) is 5.75 Å². The van der Waals surface area contributed by atoms with E-state index in [4.69, 9.17) is 18.6 Å². The summed E-state index contributed by atoms with van der Waals surface area (Å²) in [5.74, 6) is 0.609. The van der Waals surface area contributed by atoms with Crippen LogP contribution in [0.25, 0.3) is 11.0 Å². The molecule has 0 bridgehead atoms. The van der Waals surface area contributed by atoms with E-state index in [-0.39, 0.29) is 12.1 Å². The number of hydrogen-bond donors (Lipinski definition) is 0. The molecule has 1 aromatic heterocycles. The molecule has 0 saturated heterocycles. The fraction of sp³-hybridized carbons (Fsp3) is 0.300. The van der Waals surface area contributed by atoms with Gasteiger partial charge in [0.25, 0.3) is 0 Å². The first-order valence-corrected chi connectivity index (χ1v) is 8.26. The average molecular weight is 356 g/mol. The summed E-state index contributed by atoms with van der Waals surface area (Å²) in [4.78, 5) is 22.9. The number of benzene rings is 1. The van der Waals surface area contributed by atoms with Crippen LogP contribution in [0, 0.1) is 0 Å². The van der Waals surface area contributed by atoms with Crippen molar-refractivity contribution in [2.45, 2.75) is 26.4 Å². The van der Waals surface area contributed by atoms with Crippen LogP contribution in [0.1, 0.15) is 20.3 Å². The summed E-state index contributed by atoms with van der Waals surface area (Å²) in [5, 5.41) is 0.755. The zero-order valence-electron chi connectivity index (χ0n) is 14.9. The summed E-state index contributed by atoms with van der Waals surface area (Å²) >= 11 is 0. The fourth-order valence-corrected chi connectivity index (χ4v) is 2.78. The molecule has 1 aromatic carbocycles. The lowest BCUT2D eigenvalue weighted by molar-refractivity contribution is -0.139. The number of hydrogen-bond acceptors (Lipinski definition) is 6. The number of methoxy groups -OCH3 is 1. The molecular weight excluding hydrogens is 336 g/mol. The summed E-state index contributed by atoms with van der Waals surface area (Å²) in [5.41, 5.74) is 1.59. The van der Waals surface area contributed by atoms with E-state index in [0.717, 1.165) is 11.0 Å². The SMILES string of the molecule is COc1c(OC/C=C(\C)C[C@H]2C=C(C)C(=O)O2)ccc2ccc(=O)oc12. The van der Waals surface area contributed by atoms with Gasteiger partial charge in [-0.25, -0.2) is 9.59 Å². The maximum Gasteiger partial charge on any atom is 0.336 e. The molecule has 0 fully saturated rings. The lowest BCUT2D eigenvalue weighted by atomic mass is 10.1. The van der Waals surface area contributed by atoms with Gasteiger partial charge in [-0.1, -0.05) is 5.57 Å². The molecule has 3 rings (SSSR count). The Hall–Kier alpha value is -3.02. The molecule has 26 heavy (non-hydrogen) atoms. The first-order chi connectivity index (χ1) is 12.5. The number of fused-ring (bicyclic) bond motifs is 1. The van der Waals surface area contributed by atoms with E-state index in [1.165, 1.54) is 13.2 Å². The minimum Gasteiger partial charge on any atom is -0.490 e. The van der Waals surface area contributed by atoms with Crippen LogP contribution in [0.2, 0.25) is 0 Å². The number of carbonyl (C=O) groups is 1. The topological polar surface area (TPSA) is 75.0 Å². The Kier molecular flexibility index (Phi) is 5.11. The Bertz CT molecular complexity index is 950. The largest absolute Gasteiger partial charge is 0.490 e. The molecule has 0 amide bonds. The first-order valence-electron chi connectivity index (χ1n) is 8.26. The molecule has 0 saturated carbocycles. The molecule has 1 atom stereocenters. The summed E-state index contributed by atoms with van der Waals surface area (Å²) in [6, 6.07) is 6.61. The lowest BCUT2D eigenvalue weighted by Gasteiger charge is -2.12. The van der Waals surface area contributed by atoms with E-state index in [0.29, 0.717) is 35.7 Å². The molecule has 0 radical (unpaired) electrons. The second-order valence-electron chi connectivity index (χ2n) is 6.13. The quantitative estimate of drug-likeness (QED) is 0.449. The number of carbonyl (C=O) groups excluding carboxylic acids is 1. The highest BCUT2D eigenvalue weighted by atomic mass is 16.5. The van der Waals surface area contributed by atoms with Gasteiger partial charge in [0.15, 0.2) is 11.3 Å². The van der Waals surface area contributed by atoms with Crippen LogP contribution in [0.4, 0.5) is 0 Å². The van der Waals surface area contributed by atoms with Gasteiger partial charge in [-0.15, -0.1) is 0 Å². The normalized spacial score (nSPS) is 17.2. The predicted octanol–water partition coefficient (Wildman–Crippen LogP) is 3.39. The molecule has 0 unspecified atom stereocenters. The van der Waals surface area contributed by atoms with Gasteiger partial charge in [0.05, 0.1) is 7.11 Å². The monoisotopic (exact) mass is 356 g/mol. The molecule has 0 spiro atoms. The second kappa shape index (κ2) is 7.47. The van der Waals surface area contributed by atoms with E-state index in [1.54, 1.807) is 25.1 Å². The molecule has 2 aromatic rings. The maximum atomic E-state index is 11.5.